The Morgan fingerprint density at radius 3 is 1.79 bits per heavy atom. The molecule has 42 heavy (non-hydrogen) atoms. The Morgan fingerprint density at radius 1 is 0.810 bits per heavy atom. The van der Waals surface area contributed by atoms with Crippen molar-refractivity contribution in [1.29, 1.82) is 0 Å². The minimum absolute atomic E-state index is 0.157. The number of benzene rings is 1. The first kappa shape index (κ1) is 36.5. The van der Waals surface area contributed by atoms with E-state index >= 15 is 0 Å². The van der Waals surface area contributed by atoms with E-state index in [9.17, 15) is 24.3 Å². The molecule has 0 heterocycles. The number of nitrogens with one attached hydrogen (secondary N) is 1. The molecule has 0 spiro atoms. The molecule has 1 aromatic carbocycles. The minimum atomic E-state index is -2.25. The molecular weight excluding hydrogens is 550 g/mol. The standard InChI is InChI=1S/C30H47NO11/c1-10-13-20(6)37-26(34)39-23-16-15-22(17-24(23)40-27(35)38-21(7)14-11-2)18-30(25(32)33,31-19(4)5)42-28(36)41-29(8,9)12-3/h15-17,19-21,31H,10-14,18H2,1-9H3,(H,32,33)/t20?,21?,30-/m0/s1. The second-order valence-electron chi connectivity index (χ2n) is 11.1. The first-order valence-electron chi connectivity index (χ1n) is 14.4. The van der Waals surface area contributed by atoms with Crippen LogP contribution < -0.4 is 14.8 Å². The van der Waals surface area contributed by atoms with Crippen LogP contribution in [0.3, 0.4) is 0 Å². The van der Waals surface area contributed by atoms with Gasteiger partial charge in [0.05, 0.1) is 0 Å². The molecule has 238 valence electrons. The lowest BCUT2D eigenvalue weighted by molar-refractivity contribution is -0.169. The van der Waals surface area contributed by atoms with Crippen LogP contribution in [0.25, 0.3) is 0 Å². The first-order valence-corrected chi connectivity index (χ1v) is 14.4. The second kappa shape index (κ2) is 16.8. The lowest BCUT2D eigenvalue weighted by Gasteiger charge is -2.33. The van der Waals surface area contributed by atoms with E-state index in [1.807, 2.05) is 20.8 Å². The summed E-state index contributed by atoms with van der Waals surface area (Å²) in [6.07, 6.45) is -1.21. The van der Waals surface area contributed by atoms with Gasteiger partial charge in [-0.2, -0.15) is 0 Å². The van der Waals surface area contributed by atoms with Gasteiger partial charge in [0.1, 0.15) is 17.8 Å². The number of aliphatic carboxylic acids is 1. The fraction of sp³-hybridized carbons (Fsp3) is 0.667. The third kappa shape index (κ3) is 12.5. The van der Waals surface area contributed by atoms with Gasteiger partial charge in [0, 0.05) is 12.5 Å². The zero-order valence-corrected chi connectivity index (χ0v) is 26.2. The van der Waals surface area contributed by atoms with E-state index in [0.717, 1.165) is 12.8 Å². The van der Waals surface area contributed by atoms with Gasteiger partial charge in [-0.15, -0.1) is 0 Å². The maximum atomic E-state index is 12.7. The van der Waals surface area contributed by atoms with Gasteiger partial charge in [-0.05, 0) is 78.5 Å². The molecule has 2 N–H and O–H groups in total. The second-order valence-corrected chi connectivity index (χ2v) is 11.1. The highest BCUT2D eigenvalue weighted by Crippen LogP contribution is 2.32. The lowest BCUT2D eigenvalue weighted by atomic mass is 10.0. The number of carboxylic acids is 1. The van der Waals surface area contributed by atoms with Gasteiger partial charge in [-0.1, -0.05) is 39.7 Å². The fourth-order valence-electron chi connectivity index (χ4n) is 3.83. The van der Waals surface area contributed by atoms with Crippen LogP contribution in [-0.2, 0) is 30.2 Å². The van der Waals surface area contributed by atoms with Crippen molar-refractivity contribution in [3.8, 4) is 11.5 Å². The van der Waals surface area contributed by atoms with Crippen molar-refractivity contribution in [2.24, 2.45) is 0 Å². The number of hydrogen-bond donors (Lipinski definition) is 2. The Kier molecular flexibility index (Phi) is 14.6. The van der Waals surface area contributed by atoms with Crippen molar-refractivity contribution in [3.63, 3.8) is 0 Å². The number of ether oxygens (including phenoxy) is 6. The quantitative estimate of drug-likeness (QED) is 0.0895. The van der Waals surface area contributed by atoms with E-state index in [2.05, 4.69) is 5.32 Å². The largest absolute Gasteiger partial charge is 0.514 e. The van der Waals surface area contributed by atoms with Crippen LogP contribution in [0.5, 0.6) is 11.5 Å². The zero-order chi connectivity index (χ0) is 32.1. The van der Waals surface area contributed by atoms with Crippen LogP contribution in [-0.4, -0.2) is 59.1 Å². The minimum Gasteiger partial charge on any atom is -0.477 e. The van der Waals surface area contributed by atoms with Crippen LogP contribution in [0.2, 0.25) is 0 Å². The molecule has 0 aliphatic heterocycles. The topological polar surface area (TPSA) is 156 Å². The highest BCUT2D eigenvalue weighted by molar-refractivity contribution is 5.80. The van der Waals surface area contributed by atoms with Crippen LogP contribution in [0.15, 0.2) is 18.2 Å². The summed E-state index contributed by atoms with van der Waals surface area (Å²) in [5.74, 6) is -1.86. The summed E-state index contributed by atoms with van der Waals surface area (Å²) in [6, 6.07) is 3.63. The molecule has 0 bridgehead atoms. The number of carboxylic acid groups (broad SMARTS) is 1. The number of hydrogen-bond acceptors (Lipinski definition) is 11. The predicted molar refractivity (Wildman–Crippen MR) is 154 cm³/mol. The molecule has 3 atom stereocenters. The monoisotopic (exact) mass is 597 g/mol. The first-order chi connectivity index (χ1) is 19.6. The molecule has 0 amide bonds. The molecule has 0 aliphatic rings. The van der Waals surface area contributed by atoms with E-state index in [-0.39, 0.29) is 17.1 Å². The van der Waals surface area contributed by atoms with Gasteiger partial charge < -0.3 is 33.5 Å². The summed E-state index contributed by atoms with van der Waals surface area (Å²) in [5, 5.41) is 13.0. The van der Waals surface area contributed by atoms with Gasteiger partial charge in [0.2, 0.25) is 0 Å². The molecule has 0 fully saturated rings. The maximum absolute atomic E-state index is 12.7. The highest BCUT2D eigenvalue weighted by Gasteiger charge is 2.45. The Labute approximate surface area is 248 Å². The highest BCUT2D eigenvalue weighted by atomic mass is 16.8. The summed E-state index contributed by atoms with van der Waals surface area (Å²) in [6.45, 7) is 15.8. The van der Waals surface area contributed by atoms with Crippen molar-refractivity contribution < 1.29 is 52.7 Å². The average Bonchev–Trinajstić information content (AvgIpc) is 2.84. The van der Waals surface area contributed by atoms with Gasteiger partial charge in [-0.25, -0.2) is 19.2 Å². The molecule has 2 unspecified atom stereocenters. The Balaban J connectivity index is 3.44. The van der Waals surface area contributed by atoms with Crippen molar-refractivity contribution in [2.45, 2.75) is 130 Å². The van der Waals surface area contributed by atoms with Crippen molar-refractivity contribution in [2.75, 3.05) is 0 Å². The van der Waals surface area contributed by atoms with Crippen LogP contribution >= 0.6 is 0 Å². The van der Waals surface area contributed by atoms with Gasteiger partial charge >= 0.3 is 24.4 Å². The van der Waals surface area contributed by atoms with Gasteiger partial charge in [-0.3, -0.25) is 5.32 Å². The molecule has 12 heteroatoms. The van der Waals surface area contributed by atoms with E-state index in [1.165, 1.54) is 18.2 Å². The third-order valence-corrected chi connectivity index (χ3v) is 6.17. The zero-order valence-electron chi connectivity index (χ0n) is 26.2. The Hall–Kier alpha value is -3.54. The van der Waals surface area contributed by atoms with Crippen molar-refractivity contribution >= 4 is 24.4 Å². The van der Waals surface area contributed by atoms with E-state index in [1.54, 1.807) is 41.5 Å². The fourth-order valence-corrected chi connectivity index (χ4v) is 3.83. The van der Waals surface area contributed by atoms with Crippen molar-refractivity contribution in [1.82, 2.24) is 5.32 Å². The van der Waals surface area contributed by atoms with Crippen molar-refractivity contribution in [3.05, 3.63) is 23.8 Å². The van der Waals surface area contributed by atoms with E-state index < -0.39 is 60.4 Å². The average molecular weight is 598 g/mol. The van der Waals surface area contributed by atoms with E-state index in [0.29, 0.717) is 19.3 Å². The summed E-state index contributed by atoms with van der Waals surface area (Å²) in [5.41, 5.74) is -2.88. The lowest BCUT2D eigenvalue weighted by Crippen LogP contribution is -2.59. The smallest absolute Gasteiger partial charge is 0.477 e. The normalized spacial score (nSPS) is 14.2. The molecule has 12 nitrogen and oxygen atoms in total. The SMILES string of the molecule is CCCC(C)OC(=O)Oc1ccc(C[C@](NC(C)C)(OC(=O)OC(C)(C)CC)C(=O)O)cc1OC(=O)OC(C)CCC. The van der Waals surface area contributed by atoms with Crippen LogP contribution in [0.1, 0.15) is 100.0 Å². The molecule has 1 rings (SSSR count). The third-order valence-electron chi connectivity index (χ3n) is 6.17. The van der Waals surface area contributed by atoms with E-state index in [4.69, 9.17) is 28.4 Å². The summed E-state index contributed by atoms with van der Waals surface area (Å²) in [7, 11) is 0. The van der Waals surface area contributed by atoms with Crippen LogP contribution in [0, 0.1) is 0 Å². The van der Waals surface area contributed by atoms with Gasteiger partial charge in [0.25, 0.3) is 5.72 Å². The maximum Gasteiger partial charge on any atom is 0.514 e. The molecule has 0 saturated heterocycles. The number of carbonyl (C=O) groups is 4. The predicted octanol–water partition coefficient (Wildman–Crippen LogP) is 6.76. The molecule has 0 saturated carbocycles. The summed E-state index contributed by atoms with van der Waals surface area (Å²) < 4.78 is 31.9. The van der Waals surface area contributed by atoms with Crippen LogP contribution in [0.4, 0.5) is 14.4 Å². The molecular formula is C30H47NO11. The molecule has 0 aliphatic carbocycles. The Bertz CT molecular complexity index is 1060. The Morgan fingerprint density at radius 2 is 1.33 bits per heavy atom. The molecule has 0 aromatic heterocycles. The summed E-state index contributed by atoms with van der Waals surface area (Å²) >= 11 is 0. The molecule has 1 aromatic rings. The van der Waals surface area contributed by atoms with Gasteiger partial charge in [0.15, 0.2) is 11.5 Å². The number of carbonyl (C=O) groups excluding carboxylic acids is 3. The number of rotatable bonds is 16. The molecule has 0 radical (unpaired) electrons. The summed E-state index contributed by atoms with van der Waals surface area (Å²) in [4.78, 5) is 50.2.